The summed E-state index contributed by atoms with van der Waals surface area (Å²) in [6.07, 6.45) is 0. The predicted molar refractivity (Wildman–Crippen MR) is 246 cm³/mol. The molecule has 0 saturated heterocycles. The van der Waals surface area contributed by atoms with Crippen LogP contribution in [0.1, 0.15) is 0 Å². The van der Waals surface area contributed by atoms with Gasteiger partial charge in [0, 0.05) is 63.6 Å². The van der Waals surface area contributed by atoms with E-state index in [2.05, 4.69) is 192 Å². The lowest BCUT2D eigenvalue weighted by molar-refractivity contribution is 1.36. The third kappa shape index (κ3) is 4.61. The average Bonchev–Trinajstić information content (AvgIpc) is 3.96. The van der Waals surface area contributed by atoms with Crippen LogP contribution in [0, 0.1) is 0 Å². The second-order valence-electron chi connectivity index (χ2n) is 15.3. The highest BCUT2D eigenvalue weighted by Crippen LogP contribution is 2.43. The normalized spacial score (nSPS) is 12.1. The molecule has 0 fully saturated rings. The Kier molecular flexibility index (Phi) is 6.60. The molecule has 0 N–H and O–H groups in total. The van der Waals surface area contributed by atoms with E-state index in [4.69, 9.17) is 9.97 Å². The number of para-hydroxylation sites is 2. The number of pyridine rings is 2. The molecule has 13 aromatic rings. The van der Waals surface area contributed by atoms with Crippen molar-refractivity contribution < 1.29 is 0 Å². The maximum Gasteiger partial charge on any atom is 0.0972 e. The summed E-state index contributed by atoms with van der Waals surface area (Å²) in [4.78, 5) is 10.5. The summed E-state index contributed by atoms with van der Waals surface area (Å²) >= 11 is 1.87. The smallest absolute Gasteiger partial charge is 0.0972 e. The Bertz CT molecular complexity index is 3700. The van der Waals surface area contributed by atoms with Crippen LogP contribution in [0.5, 0.6) is 0 Å². The number of benzene rings is 8. The number of hydrogen-bond donors (Lipinski definition) is 0. The third-order valence-corrected chi connectivity index (χ3v) is 13.4. The Morgan fingerprint density at radius 3 is 1.48 bits per heavy atom. The van der Waals surface area contributed by atoms with E-state index in [1.165, 1.54) is 80.5 Å². The fraction of sp³-hybridized carbons (Fsp3) is 0. The van der Waals surface area contributed by atoms with Crippen molar-refractivity contribution in [2.45, 2.75) is 0 Å². The third-order valence-electron chi connectivity index (χ3n) is 12.1. The van der Waals surface area contributed by atoms with Crippen LogP contribution in [0.3, 0.4) is 0 Å². The molecule has 5 heterocycles. The maximum atomic E-state index is 5.27. The van der Waals surface area contributed by atoms with Crippen LogP contribution >= 0.6 is 11.3 Å². The van der Waals surface area contributed by atoms with Gasteiger partial charge in [-0.05, 0) is 64.7 Å². The molecule has 0 aliphatic heterocycles. The summed E-state index contributed by atoms with van der Waals surface area (Å²) < 4.78 is 5.08. The van der Waals surface area contributed by atoms with E-state index in [0.29, 0.717) is 0 Å². The van der Waals surface area contributed by atoms with E-state index >= 15 is 0 Å². The highest BCUT2D eigenvalue weighted by atomic mass is 32.1. The first-order valence-electron chi connectivity index (χ1n) is 19.7. The van der Waals surface area contributed by atoms with Crippen LogP contribution in [-0.4, -0.2) is 14.4 Å². The van der Waals surface area contributed by atoms with E-state index in [-0.39, 0.29) is 0 Å². The van der Waals surface area contributed by atoms with Crippen LogP contribution < -0.4 is 0 Å². The van der Waals surface area contributed by atoms with E-state index < -0.39 is 0 Å². The lowest BCUT2D eigenvalue weighted by Crippen LogP contribution is -1.91. The molecule has 0 radical (unpaired) electrons. The molecule has 0 aliphatic carbocycles. The summed E-state index contributed by atoms with van der Waals surface area (Å²) in [6.45, 7) is 0. The van der Waals surface area contributed by atoms with Gasteiger partial charge in [-0.3, -0.25) is 0 Å². The Morgan fingerprint density at radius 1 is 0.362 bits per heavy atom. The van der Waals surface area contributed by atoms with Gasteiger partial charge in [0.05, 0.1) is 39.0 Å². The number of nitrogens with zero attached hydrogens (tertiary/aromatic N) is 3. The fourth-order valence-electron chi connectivity index (χ4n) is 9.33. The van der Waals surface area contributed by atoms with Gasteiger partial charge in [-0.1, -0.05) is 146 Å². The maximum absolute atomic E-state index is 5.27. The topological polar surface area (TPSA) is 30.2 Å². The van der Waals surface area contributed by atoms with Crippen molar-refractivity contribution in [2.24, 2.45) is 0 Å². The second kappa shape index (κ2) is 12.1. The van der Waals surface area contributed by atoms with Gasteiger partial charge in [0.1, 0.15) is 0 Å². The molecule has 0 amide bonds. The zero-order valence-corrected chi connectivity index (χ0v) is 32.0. The van der Waals surface area contributed by atoms with E-state index in [1.54, 1.807) is 0 Å². The van der Waals surface area contributed by atoms with Gasteiger partial charge in [0.25, 0.3) is 0 Å². The minimum atomic E-state index is 0.914. The first-order valence-corrected chi connectivity index (χ1v) is 20.5. The molecule has 0 saturated carbocycles. The van der Waals surface area contributed by atoms with Crippen LogP contribution in [0.25, 0.3) is 125 Å². The predicted octanol–water partition coefficient (Wildman–Crippen LogP) is 15.0. The van der Waals surface area contributed by atoms with Gasteiger partial charge >= 0.3 is 0 Å². The van der Waals surface area contributed by atoms with Gasteiger partial charge in [-0.2, -0.15) is 0 Å². The van der Waals surface area contributed by atoms with E-state index in [1.807, 2.05) is 11.3 Å². The molecule has 3 nitrogen and oxygen atoms in total. The van der Waals surface area contributed by atoms with E-state index in [9.17, 15) is 0 Å². The minimum Gasteiger partial charge on any atom is -0.308 e. The Labute approximate surface area is 337 Å². The molecule has 0 unspecified atom stereocenters. The van der Waals surface area contributed by atoms with Crippen molar-refractivity contribution in [1.82, 2.24) is 14.4 Å². The Balaban J connectivity index is 0.864. The monoisotopic (exact) mass is 753 g/mol. The van der Waals surface area contributed by atoms with Crippen LogP contribution in [-0.2, 0) is 0 Å². The molecule has 13 rings (SSSR count). The molecule has 0 spiro atoms. The van der Waals surface area contributed by atoms with Crippen LogP contribution in [0.4, 0.5) is 0 Å². The minimum absolute atomic E-state index is 0.914. The van der Waals surface area contributed by atoms with Crippen molar-refractivity contribution in [3.8, 4) is 44.8 Å². The van der Waals surface area contributed by atoms with Crippen molar-refractivity contribution >= 4 is 91.4 Å². The first kappa shape index (κ1) is 31.8. The number of fused-ring (bicyclic) bond motifs is 12. The van der Waals surface area contributed by atoms with Gasteiger partial charge in [0.2, 0.25) is 0 Å². The largest absolute Gasteiger partial charge is 0.308 e. The highest BCUT2D eigenvalue weighted by molar-refractivity contribution is 7.26. The van der Waals surface area contributed by atoms with Gasteiger partial charge in [-0.15, -0.1) is 11.3 Å². The fourth-order valence-corrected chi connectivity index (χ4v) is 10.6. The van der Waals surface area contributed by atoms with Gasteiger partial charge in [-0.25, -0.2) is 9.97 Å². The van der Waals surface area contributed by atoms with Crippen LogP contribution in [0.2, 0.25) is 0 Å². The Hall–Kier alpha value is -7.40. The zero-order valence-electron chi connectivity index (χ0n) is 31.1. The molecule has 0 bridgehead atoms. The lowest BCUT2D eigenvalue weighted by atomic mass is 9.98. The summed E-state index contributed by atoms with van der Waals surface area (Å²) in [7, 11) is 0. The second-order valence-corrected chi connectivity index (χ2v) is 16.4. The van der Waals surface area contributed by atoms with Crippen molar-refractivity contribution in [2.75, 3.05) is 0 Å². The molecule has 0 atom stereocenters. The SMILES string of the molecule is c1ccc2c(c1)sc1c(-c3ccc(-c4ccc5ccc6ccc(-c7ccc(-c8cc9c%10ccccc%10n%10c%11ccccc%11c(c8)c9%10)cc7)nc6c5n4)cc3)cccc12. The summed E-state index contributed by atoms with van der Waals surface area (Å²) in [6, 6.07) is 68.2. The van der Waals surface area contributed by atoms with Crippen molar-refractivity contribution in [3.63, 3.8) is 0 Å². The molecule has 8 aromatic carbocycles. The number of thiophene rings is 1. The van der Waals surface area contributed by atoms with Crippen molar-refractivity contribution in [3.05, 3.63) is 188 Å². The average molecular weight is 754 g/mol. The number of hydrogen-bond acceptors (Lipinski definition) is 3. The zero-order chi connectivity index (χ0) is 37.9. The molecular weight excluding hydrogens is 723 g/mol. The highest BCUT2D eigenvalue weighted by Gasteiger charge is 2.19. The van der Waals surface area contributed by atoms with Crippen LogP contribution in [0.15, 0.2) is 188 Å². The van der Waals surface area contributed by atoms with Gasteiger partial charge in [0.15, 0.2) is 0 Å². The molecule has 58 heavy (non-hydrogen) atoms. The quantitative estimate of drug-likeness (QED) is 0.168. The Morgan fingerprint density at radius 2 is 0.862 bits per heavy atom. The molecular formula is C54H31N3S. The summed E-state index contributed by atoms with van der Waals surface area (Å²) in [5.41, 5.74) is 14.5. The summed E-state index contributed by atoms with van der Waals surface area (Å²) in [5.74, 6) is 0. The number of rotatable bonds is 4. The molecule has 5 aromatic heterocycles. The van der Waals surface area contributed by atoms with E-state index in [0.717, 1.165) is 44.3 Å². The number of aromatic nitrogens is 3. The van der Waals surface area contributed by atoms with Gasteiger partial charge < -0.3 is 4.40 Å². The summed E-state index contributed by atoms with van der Waals surface area (Å²) in [5, 5.41) is 9.95. The standard InChI is InChI=1S/C54H31N3S/c1-4-13-48-40(8-1)44-30-38(31-45-41-9-2-5-14-49(41)57(48)53(44)45)32-16-20-34(21-17-32)46-28-26-36-24-25-37-27-29-47(56-52(37)51(36)55-46)35-22-18-33(19-23-35)39-11-7-12-43-42-10-3-6-15-50(42)58-54(39)43/h1-31H. The van der Waals surface area contributed by atoms with Crippen molar-refractivity contribution in [1.29, 1.82) is 0 Å². The molecule has 4 heteroatoms. The molecule has 0 aliphatic rings. The lowest BCUT2D eigenvalue weighted by Gasteiger charge is -2.10. The molecule has 268 valence electrons. The first-order chi connectivity index (χ1) is 28.7.